The van der Waals surface area contributed by atoms with Crippen molar-refractivity contribution < 1.29 is 18.5 Å². The molecule has 2 aromatic rings. The first-order valence-electron chi connectivity index (χ1n) is 11.3. The maximum Gasteiger partial charge on any atom is 0.199 e. The van der Waals surface area contributed by atoms with E-state index in [1.807, 2.05) is 0 Å². The number of furan rings is 1. The maximum absolute atomic E-state index is 13.1. The zero-order valence-electron chi connectivity index (χ0n) is 18.8. The Bertz CT molecular complexity index is 1100. The van der Waals surface area contributed by atoms with Gasteiger partial charge in [0.15, 0.2) is 10.9 Å². The van der Waals surface area contributed by atoms with E-state index < -0.39 is 15.3 Å². The number of fused-ring (bicyclic) bond motifs is 1. The lowest BCUT2D eigenvalue weighted by atomic mass is 9.79. The van der Waals surface area contributed by atoms with E-state index in [2.05, 4.69) is 12.1 Å². The van der Waals surface area contributed by atoms with Gasteiger partial charge in [0.2, 0.25) is 0 Å². The lowest BCUT2D eigenvalue weighted by Crippen LogP contribution is -2.20. The molecule has 168 valence electrons. The molecular formula is C25H33NO4S. The molecule has 2 aliphatic rings. The fraction of sp³-hybridized carbons (Fsp3) is 0.560. The number of benzene rings is 1. The number of hydrogen-bond donors (Lipinski definition) is 2. The van der Waals surface area contributed by atoms with Crippen LogP contribution in [0.5, 0.6) is 0 Å². The van der Waals surface area contributed by atoms with Gasteiger partial charge >= 0.3 is 0 Å². The van der Waals surface area contributed by atoms with E-state index in [4.69, 9.17) is 9.20 Å². The highest BCUT2D eigenvalue weighted by atomic mass is 32.2. The van der Waals surface area contributed by atoms with Gasteiger partial charge in [0.05, 0.1) is 11.4 Å². The van der Waals surface area contributed by atoms with Crippen LogP contribution in [0.4, 0.5) is 0 Å². The monoisotopic (exact) mass is 443 g/mol. The topological polar surface area (TPSA) is 91.4 Å². The Morgan fingerprint density at radius 3 is 2.61 bits per heavy atom. The molecule has 1 heterocycles. The fourth-order valence-electron chi connectivity index (χ4n) is 4.98. The molecule has 0 bridgehead atoms. The highest BCUT2D eigenvalue weighted by molar-refractivity contribution is 7.93. The lowest BCUT2D eigenvalue weighted by Gasteiger charge is -2.27. The van der Waals surface area contributed by atoms with E-state index in [1.165, 1.54) is 42.0 Å². The Hall–Kier alpha value is -1.92. The third-order valence-electron chi connectivity index (χ3n) is 6.85. The molecular weight excluding hydrogens is 410 g/mol. The van der Waals surface area contributed by atoms with Crippen molar-refractivity contribution >= 4 is 15.5 Å². The van der Waals surface area contributed by atoms with Crippen LogP contribution in [0.15, 0.2) is 27.7 Å². The van der Waals surface area contributed by atoms with Gasteiger partial charge in [-0.1, -0.05) is 31.4 Å². The zero-order valence-corrected chi connectivity index (χ0v) is 19.6. The Kier molecular flexibility index (Phi) is 5.90. The van der Waals surface area contributed by atoms with Crippen molar-refractivity contribution in [3.63, 3.8) is 0 Å². The summed E-state index contributed by atoms with van der Waals surface area (Å²) in [4.78, 5) is 13.0. The third kappa shape index (κ3) is 4.65. The third-order valence-corrected chi connectivity index (χ3v) is 8.43. The van der Waals surface area contributed by atoms with E-state index in [0.29, 0.717) is 17.2 Å². The minimum absolute atomic E-state index is 0.0246. The summed E-state index contributed by atoms with van der Waals surface area (Å²) >= 11 is 0. The minimum Gasteiger partial charge on any atom is -0.451 e. The van der Waals surface area contributed by atoms with Crippen LogP contribution in [0.3, 0.4) is 0 Å². The average Bonchev–Trinajstić information content (AvgIpc) is 3.25. The number of carbonyl (C=O) groups excluding carboxylic acids is 1. The van der Waals surface area contributed by atoms with Crippen molar-refractivity contribution in [2.24, 2.45) is 5.92 Å². The summed E-state index contributed by atoms with van der Waals surface area (Å²) in [7, 11) is -3.41. The molecule has 0 radical (unpaired) electrons. The van der Waals surface area contributed by atoms with Crippen molar-refractivity contribution in [1.29, 1.82) is 4.78 Å². The molecule has 0 saturated heterocycles. The molecule has 4 rings (SSSR count). The number of rotatable bonds is 8. The summed E-state index contributed by atoms with van der Waals surface area (Å²) in [5.41, 5.74) is 4.36. The van der Waals surface area contributed by atoms with E-state index in [-0.39, 0.29) is 23.0 Å². The second kappa shape index (κ2) is 8.21. The molecule has 1 saturated carbocycles. The highest BCUT2D eigenvalue weighted by Crippen LogP contribution is 2.35. The van der Waals surface area contributed by atoms with Crippen molar-refractivity contribution in [1.82, 2.24) is 0 Å². The maximum atomic E-state index is 13.1. The first-order chi connectivity index (χ1) is 14.5. The molecule has 31 heavy (non-hydrogen) atoms. The Labute approximate surface area is 185 Å². The molecule has 2 N–H and O–H groups in total. The standard InChI is InChI=1S/C25H33NO4S/c1-16-23(25(2,3)28)14-24(30-16)31(26,29)15-20(27)13-22-19(12-17-6-4-7-17)11-10-18-8-5-9-21(18)22/h10-11,14,17,26,28H,4-9,12-13,15H2,1-3H3. The van der Waals surface area contributed by atoms with Crippen LogP contribution in [0, 0.1) is 17.6 Å². The first-order valence-corrected chi connectivity index (χ1v) is 13.0. The molecule has 1 unspecified atom stereocenters. The fourth-order valence-corrected chi connectivity index (χ4v) is 6.25. The number of hydrogen-bond acceptors (Lipinski definition) is 5. The predicted octanol–water partition coefficient (Wildman–Crippen LogP) is 4.86. The number of aliphatic hydroxyl groups is 1. The zero-order chi connectivity index (χ0) is 22.4. The number of aryl methyl sites for hydroxylation is 2. The van der Waals surface area contributed by atoms with Crippen LogP contribution in [-0.4, -0.2) is 20.9 Å². The van der Waals surface area contributed by atoms with Gasteiger partial charge in [-0.2, -0.15) is 0 Å². The molecule has 6 heteroatoms. The average molecular weight is 444 g/mol. The second-order valence-corrected chi connectivity index (χ2v) is 11.9. The van der Waals surface area contributed by atoms with Crippen LogP contribution in [0.25, 0.3) is 0 Å². The van der Waals surface area contributed by atoms with E-state index >= 15 is 0 Å². The largest absolute Gasteiger partial charge is 0.451 e. The molecule has 0 aliphatic heterocycles. The number of Topliss-reactive ketones (excluding diaryl/α,β-unsaturated/α-hetero) is 1. The van der Waals surface area contributed by atoms with Crippen LogP contribution in [0.2, 0.25) is 0 Å². The normalized spacial score (nSPS) is 18.5. The van der Waals surface area contributed by atoms with Crippen LogP contribution < -0.4 is 0 Å². The smallest absolute Gasteiger partial charge is 0.199 e. The number of carbonyl (C=O) groups is 1. The Morgan fingerprint density at radius 2 is 2.00 bits per heavy atom. The molecule has 1 fully saturated rings. The molecule has 1 aromatic carbocycles. The summed E-state index contributed by atoms with van der Waals surface area (Å²) in [5, 5.41) is 10.2. The van der Waals surface area contributed by atoms with Crippen LogP contribution >= 0.6 is 0 Å². The SMILES string of the molecule is Cc1oc(S(=N)(=O)CC(=O)Cc2c(CC3CCC3)ccc3c2CCC3)cc1C(C)(C)O. The summed E-state index contributed by atoms with van der Waals surface area (Å²) < 4.78 is 27.0. The number of ketones is 1. The molecule has 5 nitrogen and oxygen atoms in total. The van der Waals surface area contributed by atoms with Crippen LogP contribution in [0.1, 0.15) is 73.1 Å². The summed E-state index contributed by atoms with van der Waals surface area (Å²) in [6.45, 7) is 4.91. The van der Waals surface area contributed by atoms with Crippen molar-refractivity contribution in [2.45, 2.75) is 82.8 Å². The van der Waals surface area contributed by atoms with E-state index in [9.17, 15) is 14.1 Å². The lowest BCUT2D eigenvalue weighted by molar-refractivity contribution is -0.116. The summed E-state index contributed by atoms with van der Waals surface area (Å²) in [6, 6.07) is 5.89. The molecule has 2 aliphatic carbocycles. The van der Waals surface area contributed by atoms with Gasteiger partial charge in [-0.15, -0.1) is 0 Å². The van der Waals surface area contributed by atoms with Gasteiger partial charge in [0.1, 0.15) is 15.5 Å². The molecule has 0 amide bonds. The first kappa shape index (κ1) is 22.3. The van der Waals surface area contributed by atoms with Crippen molar-refractivity contribution in [2.75, 3.05) is 5.75 Å². The van der Waals surface area contributed by atoms with Crippen LogP contribution in [-0.2, 0) is 45.8 Å². The quantitative estimate of drug-likeness (QED) is 0.609. The van der Waals surface area contributed by atoms with Gasteiger partial charge in [-0.25, -0.2) is 8.99 Å². The van der Waals surface area contributed by atoms with E-state index in [1.54, 1.807) is 20.8 Å². The second-order valence-electron chi connectivity index (χ2n) is 9.82. The van der Waals surface area contributed by atoms with Crippen molar-refractivity contribution in [3.05, 3.63) is 51.8 Å². The van der Waals surface area contributed by atoms with Crippen molar-refractivity contribution in [3.8, 4) is 0 Å². The summed E-state index contributed by atoms with van der Waals surface area (Å²) in [5.74, 6) is 0.588. The highest BCUT2D eigenvalue weighted by Gasteiger charge is 2.29. The van der Waals surface area contributed by atoms with Gasteiger partial charge in [0.25, 0.3) is 0 Å². The van der Waals surface area contributed by atoms with Gasteiger partial charge < -0.3 is 9.52 Å². The van der Waals surface area contributed by atoms with Gasteiger partial charge in [0, 0.05) is 18.1 Å². The van der Waals surface area contributed by atoms with Gasteiger partial charge in [-0.05, 0) is 74.6 Å². The molecule has 0 spiro atoms. The number of nitrogens with one attached hydrogen (secondary N) is 1. The molecule has 1 aromatic heterocycles. The Morgan fingerprint density at radius 1 is 1.26 bits per heavy atom. The Balaban J connectivity index is 1.55. The minimum atomic E-state index is -3.41. The molecule has 1 atom stereocenters. The van der Waals surface area contributed by atoms with Gasteiger partial charge in [-0.3, -0.25) is 4.79 Å². The van der Waals surface area contributed by atoms with E-state index in [0.717, 1.165) is 31.2 Å². The predicted molar refractivity (Wildman–Crippen MR) is 121 cm³/mol. The summed E-state index contributed by atoms with van der Waals surface area (Å²) in [6.07, 6.45) is 8.22.